The molecule has 0 bridgehead atoms. The van der Waals surface area contributed by atoms with E-state index in [1.807, 2.05) is 60.7 Å². The second-order valence-electron chi connectivity index (χ2n) is 2.71. The molecule has 0 atom stereocenters. The van der Waals surface area contributed by atoms with Gasteiger partial charge in [0.15, 0.2) is 0 Å². The maximum absolute atomic E-state index is 10.1. The second kappa shape index (κ2) is 6.87. The summed E-state index contributed by atoms with van der Waals surface area (Å²) in [5.41, 5.74) is 0.854. The van der Waals surface area contributed by atoms with Gasteiger partial charge >= 0.3 is 0 Å². The van der Waals surface area contributed by atoms with Crippen molar-refractivity contribution in [3.05, 3.63) is 72.3 Å². The Morgan fingerprint density at radius 1 is 0.857 bits per heavy atom. The zero-order valence-electron chi connectivity index (χ0n) is 7.89. The Morgan fingerprint density at radius 2 is 1.43 bits per heavy atom. The minimum atomic E-state index is -0.110. The van der Waals surface area contributed by atoms with Crippen molar-refractivity contribution >= 4 is 0 Å². The number of hydrogen-bond donors (Lipinski definition) is 0. The SMILES string of the molecule is [O]Cc1ccccc1.[c]1ccccc1. The van der Waals surface area contributed by atoms with Crippen LogP contribution in [0.2, 0.25) is 0 Å². The molecule has 2 aromatic carbocycles. The van der Waals surface area contributed by atoms with Gasteiger partial charge in [-0.05, 0) is 11.6 Å². The molecular formula is C13H12O. The van der Waals surface area contributed by atoms with E-state index in [1.165, 1.54) is 0 Å². The molecule has 0 saturated carbocycles. The van der Waals surface area contributed by atoms with Gasteiger partial charge in [-0.3, -0.25) is 0 Å². The van der Waals surface area contributed by atoms with E-state index in [0.717, 1.165) is 5.56 Å². The second-order valence-corrected chi connectivity index (χ2v) is 2.71. The summed E-state index contributed by atoms with van der Waals surface area (Å²) in [6.45, 7) is -0.110. The van der Waals surface area contributed by atoms with Crippen LogP contribution in [0.15, 0.2) is 60.7 Å². The molecule has 0 N–H and O–H groups in total. The third-order valence-electron chi connectivity index (χ3n) is 1.62. The van der Waals surface area contributed by atoms with E-state index in [0.29, 0.717) is 0 Å². The van der Waals surface area contributed by atoms with Crippen LogP contribution in [0.3, 0.4) is 0 Å². The Kier molecular flexibility index (Phi) is 5.14. The van der Waals surface area contributed by atoms with Gasteiger partial charge in [-0.25, -0.2) is 5.11 Å². The van der Waals surface area contributed by atoms with Crippen LogP contribution in [0, 0.1) is 6.07 Å². The van der Waals surface area contributed by atoms with Crippen molar-refractivity contribution in [2.24, 2.45) is 0 Å². The molecule has 0 fully saturated rings. The van der Waals surface area contributed by atoms with Crippen molar-refractivity contribution in [2.75, 3.05) is 0 Å². The number of rotatable bonds is 1. The van der Waals surface area contributed by atoms with Gasteiger partial charge in [0.25, 0.3) is 0 Å². The van der Waals surface area contributed by atoms with Crippen LogP contribution >= 0.6 is 0 Å². The standard InChI is InChI=1S/C7H7O.C6H5/c8-6-7-4-2-1-3-5-7;1-2-4-6-5-3-1/h1-5H,6H2;1-5H. The Hall–Kier alpha value is -1.60. The van der Waals surface area contributed by atoms with Crippen LogP contribution in [-0.2, 0) is 11.7 Å². The molecule has 0 aliphatic heterocycles. The van der Waals surface area contributed by atoms with E-state index >= 15 is 0 Å². The minimum Gasteiger partial charge on any atom is -0.232 e. The fraction of sp³-hybridized carbons (Fsp3) is 0.0769. The molecule has 2 rings (SSSR count). The van der Waals surface area contributed by atoms with Gasteiger partial charge in [-0.15, -0.1) is 0 Å². The maximum Gasteiger partial charge on any atom is 0.107 e. The summed E-state index contributed by atoms with van der Waals surface area (Å²) >= 11 is 0. The fourth-order valence-corrected chi connectivity index (χ4v) is 0.916. The Balaban J connectivity index is 0.000000146. The largest absolute Gasteiger partial charge is 0.232 e. The molecule has 70 valence electrons. The van der Waals surface area contributed by atoms with Crippen LogP contribution in [0.1, 0.15) is 5.56 Å². The quantitative estimate of drug-likeness (QED) is 0.649. The maximum atomic E-state index is 10.1. The molecule has 0 saturated heterocycles. The lowest BCUT2D eigenvalue weighted by molar-refractivity contribution is 0.177. The smallest absolute Gasteiger partial charge is 0.107 e. The van der Waals surface area contributed by atoms with Crippen LogP contribution in [0.4, 0.5) is 0 Å². The first-order valence-corrected chi connectivity index (χ1v) is 4.46. The zero-order chi connectivity index (χ0) is 10.1. The first kappa shape index (κ1) is 10.5. The van der Waals surface area contributed by atoms with Crippen molar-refractivity contribution in [2.45, 2.75) is 6.61 Å². The van der Waals surface area contributed by atoms with Gasteiger partial charge < -0.3 is 0 Å². The lowest BCUT2D eigenvalue weighted by Crippen LogP contribution is -1.75. The van der Waals surface area contributed by atoms with E-state index in [-0.39, 0.29) is 6.61 Å². The number of hydrogen-bond acceptors (Lipinski definition) is 0. The van der Waals surface area contributed by atoms with Gasteiger partial charge in [-0.2, -0.15) is 0 Å². The van der Waals surface area contributed by atoms with Crippen molar-refractivity contribution in [3.63, 3.8) is 0 Å². The molecule has 1 nitrogen and oxygen atoms in total. The molecule has 0 aromatic heterocycles. The molecule has 0 aliphatic rings. The van der Waals surface area contributed by atoms with Crippen LogP contribution in [-0.4, -0.2) is 0 Å². The lowest BCUT2D eigenvalue weighted by atomic mass is 10.2. The van der Waals surface area contributed by atoms with Gasteiger partial charge in [-0.1, -0.05) is 60.7 Å². The van der Waals surface area contributed by atoms with E-state index in [4.69, 9.17) is 0 Å². The Morgan fingerprint density at radius 3 is 1.71 bits per heavy atom. The molecule has 2 aromatic rings. The molecular weight excluding hydrogens is 172 g/mol. The highest BCUT2D eigenvalue weighted by Crippen LogP contribution is 1.95. The lowest BCUT2D eigenvalue weighted by Gasteiger charge is -1.87. The Bertz CT molecular complexity index is 289. The first-order chi connectivity index (χ1) is 6.93. The molecule has 0 unspecified atom stereocenters. The highest BCUT2D eigenvalue weighted by atomic mass is 16.3. The van der Waals surface area contributed by atoms with E-state index in [2.05, 4.69) is 6.07 Å². The summed E-state index contributed by atoms with van der Waals surface area (Å²) in [6, 6.07) is 21.8. The molecule has 2 radical (unpaired) electrons. The molecule has 0 spiro atoms. The zero-order valence-corrected chi connectivity index (χ0v) is 7.89. The van der Waals surface area contributed by atoms with Crippen molar-refractivity contribution in [1.82, 2.24) is 0 Å². The fourth-order valence-electron chi connectivity index (χ4n) is 0.916. The predicted octanol–water partition coefficient (Wildman–Crippen LogP) is 3.10. The number of benzene rings is 2. The van der Waals surface area contributed by atoms with Gasteiger partial charge in [0.05, 0.1) is 0 Å². The molecule has 0 amide bonds. The molecule has 0 heterocycles. The van der Waals surface area contributed by atoms with E-state index in [1.54, 1.807) is 0 Å². The third-order valence-corrected chi connectivity index (χ3v) is 1.62. The first-order valence-electron chi connectivity index (χ1n) is 4.46. The van der Waals surface area contributed by atoms with Crippen molar-refractivity contribution < 1.29 is 5.11 Å². The average Bonchev–Trinajstić information content (AvgIpc) is 2.33. The Labute approximate surface area is 84.7 Å². The van der Waals surface area contributed by atoms with Gasteiger partial charge in [0.2, 0.25) is 0 Å². The third kappa shape index (κ3) is 4.43. The summed E-state index contributed by atoms with van der Waals surface area (Å²) in [5, 5.41) is 10.1. The van der Waals surface area contributed by atoms with Crippen LogP contribution < -0.4 is 0 Å². The molecule has 0 aliphatic carbocycles. The highest BCUT2D eigenvalue weighted by Gasteiger charge is 1.82. The topological polar surface area (TPSA) is 19.9 Å². The van der Waals surface area contributed by atoms with Gasteiger partial charge in [0, 0.05) is 0 Å². The summed E-state index contributed by atoms with van der Waals surface area (Å²) in [5.74, 6) is 0. The summed E-state index contributed by atoms with van der Waals surface area (Å²) < 4.78 is 0. The highest BCUT2D eigenvalue weighted by molar-refractivity contribution is 5.12. The van der Waals surface area contributed by atoms with E-state index in [9.17, 15) is 5.11 Å². The molecule has 1 heteroatoms. The van der Waals surface area contributed by atoms with Crippen molar-refractivity contribution in [1.29, 1.82) is 0 Å². The van der Waals surface area contributed by atoms with Crippen molar-refractivity contribution in [3.8, 4) is 0 Å². The summed E-state index contributed by atoms with van der Waals surface area (Å²) in [7, 11) is 0. The van der Waals surface area contributed by atoms with Crippen LogP contribution in [0.5, 0.6) is 0 Å². The summed E-state index contributed by atoms with van der Waals surface area (Å²) in [6.07, 6.45) is 0. The summed E-state index contributed by atoms with van der Waals surface area (Å²) in [4.78, 5) is 0. The van der Waals surface area contributed by atoms with Gasteiger partial charge in [0.1, 0.15) is 6.61 Å². The van der Waals surface area contributed by atoms with E-state index < -0.39 is 0 Å². The molecule has 14 heavy (non-hydrogen) atoms. The van der Waals surface area contributed by atoms with Crippen LogP contribution in [0.25, 0.3) is 0 Å². The average molecular weight is 184 g/mol. The normalized spacial score (nSPS) is 8.64. The monoisotopic (exact) mass is 184 g/mol. The predicted molar refractivity (Wildman–Crippen MR) is 56.1 cm³/mol. The minimum absolute atomic E-state index is 0.110.